The number of hydrogen-bond donors (Lipinski definition) is 2. The number of aromatic nitrogens is 1. The number of benzene rings is 1. The van der Waals surface area contributed by atoms with Crippen LogP contribution in [0.3, 0.4) is 0 Å². The third kappa shape index (κ3) is 5.73. The molecule has 0 fully saturated rings. The van der Waals surface area contributed by atoms with E-state index in [0.29, 0.717) is 12.1 Å². The zero-order valence-corrected chi connectivity index (χ0v) is 15.2. The van der Waals surface area contributed by atoms with Crippen LogP contribution in [0.15, 0.2) is 60.3 Å². The lowest BCUT2D eigenvalue weighted by Crippen LogP contribution is -2.25. The fourth-order valence-electron chi connectivity index (χ4n) is 3.18. The first-order chi connectivity index (χ1) is 12.8. The van der Waals surface area contributed by atoms with Crippen molar-refractivity contribution in [1.29, 1.82) is 0 Å². The van der Waals surface area contributed by atoms with Crippen LogP contribution in [0.25, 0.3) is 0 Å². The minimum absolute atomic E-state index is 0.0765. The fourth-order valence-corrected chi connectivity index (χ4v) is 3.18. The van der Waals surface area contributed by atoms with Crippen LogP contribution in [0.4, 0.5) is 5.82 Å². The molecule has 1 aromatic carbocycles. The fraction of sp³-hybridized carbons (Fsp3) is 0.364. The number of rotatable bonds is 8. The van der Waals surface area contributed by atoms with Gasteiger partial charge in [0.1, 0.15) is 5.82 Å². The lowest BCUT2D eigenvalue weighted by molar-refractivity contribution is 0.0954. The number of pyridine rings is 1. The Kier molecular flexibility index (Phi) is 6.82. The summed E-state index contributed by atoms with van der Waals surface area (Å²) in [5.41, 5.74) is 3.37. The Morgan fingerprint density at radius 3 is 2.62 bits per heavy atom. The molecule has 0 bridgehead atoms. The van der Waals surface area contributed by atoms with Crippen LogP contribution in [0.2, 0.25) is 0 Å². The van der Waals surface area contributed by atoms with Gasteiger partial charge in [-0.15, -0.1) is 0 Å². The lowest BCUT2D eigenvalue weighted by Gasteiger charge is -2.13. The minimum atomic E-state index is -0.0765. The molecule has 0 spiro atoms. The molecule has 4 heteroatoms. The number of allylic oxidation sites excluding steroid dienone is 1. The summed E-state index contributed by atoms with van der Waals surface area (Å²) in [4.78, 5) is 16.5. The predicted octanol–water partition coefficient (Wildman–Crippen LogP) is 4.36. The Bertz CT molecular complexity index is 723. The summed E-state index contributed by atoms with van der Waals surface area (Å²) < 4.78 is 0. The van der Waals surface area contributed by atoms with Crippen LogP contribution in [0.1, 0.15) is 48.0 Å². The standard InChI is InChI=1S/C22H27N3O/c26-22(24-16-14-19-9-5-2-6-10-19)20-11-12-21(25-17-20)23-15-13-18-7-3-1-4-8-18/h2,5-7,9-12,17H,1,3-4,8,13-16H2,(H,23,25)(H,24,26). The average Bonchev–Trinajstić information content (AvgIpc) is 2.70. The second kappa shape index (κ2) is 9.76. The molecular formula is C22H27N3O. The molecule has 0 atom stereocenters. The van der Waals surface area contributed by atoms with Crippen molar-refractivity contribution < 1.29 is 4.79 Å². The van der Waals surface area contributed by atoms with E-state index in [2.05, 4.69) is 33.8 Å². The van der Waals surface area contributed by atoms with Gasteiger partial charge in [-0.2, -0.15) is 0 Å². The molecule has 136 valence electrons. The van der Waals surface area contributed by atoms with Gasteiger partial charge in [0.15, 0.2) is 0 Å². The van der Waals surface area contributed by atoms with E-state index < -0.39 is 0 Å². The Hall–Kier alpha value is -2.62. The number of nitrogens with one attached hydrogen (secondary N) is 2. The first kappa shape index (κ1) is 18.2. The molecule has 0 aliphatic heterocycles. The molecule has 0 saturated heterocycles. The Balaban J connectivity index is 1.40. The monoisotopic (exact) mass is 349 g/mol. The largest absolute Gasteiger partial charge is 0.370 e. The van der Waals surface area contributed by atoms with Gasteiger partial charge < -0.3 is 10.6 Å². The van der Waals surface area contributed by atoms with Crippen molar-refractivity contribution in [2.75, 3.05) is 18.4 Å². The van der Waals surface area contributed by atoms with Crippen molar-refractivity contribution in [3.05, 3.63) is 71.4 Å². The summed E-state index contributed by atoms with van der Waals surface area (Å²) in [6.07, 6.45) is 11.0. The Labute approximate surface area is 155 Å². The van der Waals surface area contributed by atoms with E-state index in [-0.39, 0.29) is 5.91 Å². The Morgan fingerprint density at radius 1 is 1.00 bits per heavy atom. The summed E-state index contributed by atoms with van der Waals surface area (Å²) in [7, 11) is 0. The predicted molar refractivity (Wildman–Crippen MR) is 106 cm³/mol. The van der Waals surface area contributed by atoms with Gasteiger partial charge in [-0.25, -0.2) is 4.98 Å². The first-order valence-corrected chi connectivity index (χ1v) is 9.51. The number of amides is 1. The third-order valence-electron chi connectivity index (χ3n) is 4.70. The van der Waals surface area contributed by atoms with Crippen molar-refractivity contribution in [2.45, 2.75) is 38.5 Å². The van der Waals surface area contributed by atoms with E-state index in [1.165, 1.54) is 31.2 Å². The summed E-state index contributed by atoms with van der Waals surface area (Å²) in [5.74, 6) is 0.745. The third-order valence-corrected chi connectivity index (χ3v) is 4.70. The van der Waals surface area contributed by atoms with Gasteiger partial charge in [0.05, 0.1) is 5.56 Å². The summed E-state index contributed by atoms with van der Waals surface area (Å²) in [5, 5.41) is 6.29. The number of hydrogen-bond acceptors (Lipinski definition) is 3. The van der Waals surface area contributed by atoms with E-state index in [9.17, 15) is 4.79 Å². The van der Waals surface area contributed by atoms with Gasteiger partial charge >= 0.3 is 0 Å². The van der Waals surface area contributed by atoms with Crippen molar-refractivity contribution in [2.24, 2.45) is 0 Å². The van der Waals surface area contributed by atoms with Gasteiger partial charge in [0, 0.05) is 19.3 Å². The number of nitrogens with zero attached hydrogens (tertiary/aromatic N) is 1. The Morgan fingerprint density at radius 2 is 1.88 bits per heavy atom. The van der Waals surface area contributed by atoms with Crippen LogP contribution >= 0.6 is 0 Å². The lowest BCUT2D eigenvalue weighted by atomic mass is 9.97. The molecule has 0 unspecified atom stereocenters. The van der Waals surface area contributed by atoms with E-state index in [1.807, 2.05) is 30.3 Å². The summed E-state index contributed by atoms with van der Waals surface area (Å²) >= 11 is 0. The highest BCUT2D eigenvalue weighted by atomic mass is 16.1. The molecule has 2 N–H and O–H groups in total. The molecule has 1 aliphatic carbocycles. The highest BCUT2D eigenvalue weighted by molar-refractivity contribution is 5.94. The van der Waals surface area contributed by atoms with Gasteiger partial charge in [0.2, 0.25) is 0 Å². The smallest absolute Gasteiger partial charge is 0.252 e. The molecule has 2 aromatic rings. The highest BCUT2D eigenvalue weighted by Crippen LogP contribution is 2.19. The topological polar surface area (TPSA) is 54.0 Å². The quantitative estimate of drug-likeness (QED) is 0.696. The van der Waals surface area contributed by atoms with Crippen LogP contribution in [0.5, 0.6) is 0 Å². The molecule has 1 aromatic heterocycles. The SMILES string of the molecule is O=C(NCCc1ccccc1)c1ccc(NCCC2=CCCCC2)nc1. The van der Waals surface area contributed by atoms with Crippen molar-refractivity contribution in [3.8, 4) is 0 Å². The average molecular weight is 349 g/mol. The first-order valence-electron chi connectivity index (χ1n) is 9.51. The van der Waals surface area contributed by atoms with E-state index >= 15 is 0 Å². The molecule has 0 radical (unpaired) electrons. The van der Waals surface area contributed by atoms with Gasteiger partial charge in [0.25, 0.3) is 5.91 Å². The van der Waals surface area contributed by atoms with Crippen molar-refractivity contribution in [3.63, 3.8) is 0 Å². The van der Waals surface area contributed by atoms with E-state index in [1.54, 1.807) is 11.8 Å². The van der Waals surface area contributed by atoms with Gasteiger partial charge in [-0.05, 0) is 56.2 Å². The number of anilines is 1. The van der Waals surface area contributed by atoms with Gasteiger partial charge in [-0.1, -0.05) is 42.0 Å². The molecule has 0 saturated carbocycles. The minimum Gasteiger partial charge on any atom is -0.370 e. The van der Waals surface area contributed by atoms with Crippen molar-refractivity contribution >= 4 is 11.7 Å². The maximum atomic E-state index is 12.2. The van der Waals surface area contributed by atoms with Crippen molar-refractivity contribution in [1.82, 2.24) is 10.3 Å². The molecular weight excluding hydrogens is 322 g/mol. The molecule has 26 heavy (non-hydrogen) atoms. The second-order valence-corrected chi connectivity index (χ2v) is 6.71. The van der Waals surface area contributed by atoms with Crippen LogP contribution < -0.4 is 10.6 Å². The number of carbonyl (C=O) groups excluding carboxylic acids is 1. The van der Waals surface area contributed by atoms with E-state index in [4.69, 9.17) is 0 Å². The zero-order valence-electron chi connectivity index (χ0n) is 15.2. The molecule has 4 nitrogen and oxygen atoms in total. The van der Waals surface area contributed by atoms with Crippen LogP contribution in [-0.2, 0) is 6.42 Å². The highest BCUT2D eigenvalue weighted by Gasteiger charge is 2.06. The molecule has 1 heterocycles. The molecule has 3 rings (SSSR count). The van der Waals surface area contributed by atoms with Crippen LogP contribution in [0, 0.1) is 0 Å². The molecule has 1 amide bonds. The zero-order chi connectivity index (χ0) is 18.0. The number of carbonyl (C=O) groups is 1. The van der Waals surface area contributed by atoms with E-state index in [0.717, 1.165) is 25.2 Å². The maximum Gasteiger partial charge on any atom is 0.252 e. The summed E-state index contributed by atoms with van der Waals surface area (Å²) in [6.45, 7) is 1.51. The van der Waals surface area contributed by atoms with Crippen LogP contribution in [-0.4, -0.2) is 24.0 Å². The summed E-state index contributed by atoms with van der Waals surface area (Å²) in [6, 6.07) is 13.9. The maximum absolute atomic E-state index is 12.2. The normalized spacial score (nSPS) is 13.8. The van der Waals surface area contributed by atoms with Gasteiger partial charge in [-0.3, -0.25) is 4.79 Å². The molecule has 1 aliphatic rings. The second-order valence-electron chi connectivity index (χ2n) is 6.71.